The molecule has 1 aromatic rings. The fourth-order valence-corrected chi connectivity index (χ4v) is 1.42. The maximum absolute atomic E-state index is 9.83. The predicted molar refractivity (Wildman–Crippen MR) is 74.6 cm³/mol. The molecule has 1 rings (SSSR count). The molecule has 0 aliphatic heterocycles. The summed E-state index contributed by atoms with van der Waals surface area (Å²) < 4.78 is -0.0452. The van der Waals surface area contributed by atoms with Crippen LogP contribution in [0.15, 0.2) is 30.3 Å². The van der Waals surface area contributed by atoms with E-state index in [4.69, 9.17) is 0 Å². The standard InChI is InChI=1S/C12H19NOS.ClH/c1-12(2,15)9-13-8-11(14)10-6-4-3-5-7-10;/h3-7,11,13-15H,8-9H2,1-2H3;1H. The van der Waals surface area contributed by atoms with Crippen molar-refractivity contribution >= 4 is 25.0 Å². The number of hydrogen-bond donors (Lipinski definition) is 3. The first kappa shape index (κ1) is 15.8. The predicted octanol–water partition coefficient (Wildman–Crippen LogP) is 2.44. The van der Waals surface area contributed by atoms with Crippen LogP contribution in [0.4, 0.5) is 0 Å². The second kappa shape index (κ2) is 7.17. The van der Waals surface area contributed by atoms with Crippen molar-refractivity contribution in [2.24, 2.45) is 0 Å². The molecule has 0 spiro atoms. The molecule has 1 aromatic carbocycles. The van der Waals surface area contributed by atoms with Crippen LogP contribution in [0.25, 0.3) is 0 Å². The van der Waals surface area contributed by atoms with E-state index in [2.05, 4.69) is 17.9 Å². The lowest BCUT2D eigenvalue weighted by atomic mass is 10.1. The first-order valence-corrected chi connectivity index (χ1v) is 5.60. The molecule has 0 heterocycles. The van der Waals surface area contributed by atoms with Crippen molar-refractivity contribution in [3.63, 3.8) is 0 Å². The van der Waals surface area contributed by atoms with Crippen LogP contribution in [0.5, 0.6) is 0 Å². The highest BCUT2D eigenvalue weighted by molar-refractivity contribution is 7.81. The van der Waals surface area contributed by atoms with Gasteiger partial charge in [-0.05, 0) is 19.4 Å². The number of benzene rings is 1. The second-order valence-electron chi connectivity index (χ2n) is 4.37. The van der Waals surface area contributed by atoms with Crippen LogP contribution in [-0.4, -0.2) is 22.9 Å². The zero-order valence-electron chi connectivity index (χ0n) is 9.68. The Kier molecular flexibility index (Phi) is 7.07. The number of thiol groups is 1. The van der Waals surface area contributed by atoms with Gasteiger partial charge in [-0.3, -0.25) is 0 Å². The van der Waals surface area contributed by atoms with Crippen molar-refractivity contribution in [3.05, 3.63) is 35.9 Å². The average molecular weight is 262 g/mol. The number of aliphatic hydroxyl groups excluding tert-OH is 1. The molecular formula is C12H20ClNOS. The van der Waals surface area contributed by atoms with Crippen molar-refractivity contribution in [1.29, 1.82) is 0 Å². The first-order chi connectivity index (χ1) is 6.99. The van der Waals surface area contributed by atoms with Crippen LogP contribution in [0.2, 0.25) is 0 Å². The Morgan fingerprint density at radius 3 is 2.38 bits per heavy atom. The van der Waals surface area contributed by atoms with Gasteiger partial charge in [0.05, 0.1) is 6.10 Å². The van der Waals surface area contributed by atoms with E-state index in [1.165, 1.54) is 0 Å². The number of halogens is 1. The third-order valence-electron chi connectivity index (χ3n) is 2.08. The third kappa shape index (κ3) is 6.38. The summed E-state index contributed by atoms with van der Waals surface area (Å²) in [6.45, 7) is 5.42. The Labute approximate surface area is 109 Å². The molecule has 16 heavy (non-hydrogen) atoms. The summed E-state index contributed by atoms with van der Waals surface area (Å²) >= 11 is 4.40. The van der Waals surface area contributed by atoms with Crippen molar-refractivity contribution in [3.8, 4) is 0 Å². The largest absolute Gasteiger partial charge is 0.387 e. The fourth-order valence-electron chi connectivity index (χ4n) is 1.31. The maximum Gasteiger partial charge on any atom is 0.0914 e. The summed E-state index contributed by atoms with van der Waals surface area (Å²) in [4.78, 5) is 0. The van der Waals surface area contributed by atoms with Crippen LogP contribution in [0.3, 0.4) is 0 Å². The van der Waals surface area contributed by atoms with Gasteiger partial charge >= 0.3 is 0 Å². The highest BCUT2D eigenvalue weighted by Gasteiger charge is 2.12. The topological polar surface area (TPSA) is 32.3 Å². The van der Waals surface area contributed by atoms with Crippen LogP contribution in [-0.2, 0) is 0 Å². The normalized spacial score (nSPS) is 13.0. The molecule has 0 fully saturated rings. The van der Waals surface area contributed by atoms with Gasteiger partial charge in [0.1, 0.15) is 0 Å². The fraction of sp³-hybridized carbons (Fsp3) is 0.500. The van der Waals surface area contributed by atoms with Crippen molar-refractivity contribution in [1.82, 2.24) is 5.32 Å². The lowest BCUT2D eigenvalue weighted by Crippen LogP contribution is -2.33. The highest BCUT2D eigenvalue weighted by Crippen LogP contribution is 2.12. The van der Waals surface area contributed by atoms with Gasteiger partial charge in [-0.1, -0.05) is 30.3 Å². The van der Waals surface area contributed by atoms with Crippen LogP contribution in [0.1, 0.15) is 25.5 Å². The monoisotopic (exact) mass is 261 g/mol. The zero-order chi connectivity index (χ0) is 11.3. The molecule has 0 amide bonds. The number of nitrogens with one attached hydrogen (secondary N) is 1. The van der Waals surface area contributed by atoms with E-state index in [0.29, 0.717) is 6.54 Å². The molecule has 1 atom stereocenters. The Morgan fingerprint density at radius 1 is 1.31 bits per heavy atom. The minimum Gasteiger partial charge on any atom is -0.387 e. The maximum atomic E-state index is 9.83. The van der Waals surface area contributed by atoms with Crippen molar-refractivity contribution < 1.29 is 5.11 Å². The summed E-state index contributed by atoms with van der Waals surface area (Å²) in [5.74, 6) is 0. The van der Waals surface area contributed by atoms with E-state index in [0.717, 1.165) is 12.1 Å². The van der Waals surface area contributed by atoms with Gasteiger partial charge in [0.15, 0.2) is 0 Å². The minimum absolute atomic E-state index is 0. The second-order valence-corrected chi connectivity index (χ2v) is 5.58. The lowest BCUT2D eigenvalue weighted by Gasteiger charge is -2.19. The van der Waals surface area contributed by atoms with Gasteiger partial charge in [0.2, 0.25) is 0 Å². The van der Waals surface area contributed by atoms with Crippen LogP contribution < -0.4 is 5.32 Å². The summed E-state index contributed by atoms with van der Waals surface area (Å²) in [6, 6.07) is 9.67. The summed E-state index contributed by atoms with van der Waals surface area (Å²) in [5, 5.41) is 13.0. The SMILES string of the molecule is CC(C)(S)CNCC(O)c1ccccc1.Cl. The molecule has 1 unspecified atom stereocenters. The van der Waals surface area contributed by atoms with Gasteiger partial charge in [-0.25, -0.2) is 0 Å². The van der Waals surface area contributed by atoms with Gasteiger partial charge < -0.3 is 10.4 Å². The highest BCUT2D eigenvalue weighted by atomic mass is 35.5. The molecule has 4 heteroatoms. The van der Waals surface area contributed by atoms with Crippen molar-refractivity contribution in [2.75, 3.05) is 13.1 Å². The lowest BCUT2D eigenvalue weighted by molar-refractivity contribution is 0.174. The first-order valence-electron chi connectivity index (χ1n) is 5.15. The average Bonchev–Trinajstić information content (AvgIpc) is 2.17. The molecule has 0 radical (unpaired) electrons. The van der Waals surface area contributed by atoms with Crippen molar-refractivity contribution in [2.45, 2.75) is 24.7 Å². The van der Waals surface area contributed by atoms with Crippen LogP contribution in [0, 0.1) is 0 Å². The molecule has 2 N–H and O–H groups in total. The molecule has 2 nitrogen and oxygen atoms in total. The van der Waals surface area contributed by atoms with Gasteiger partial charge in [-0.2, -0.15) is 12.6 Å². The Morgan fingerprint density at radius 2 is 1.88 bits per heavy atom. The van der Waals surface area contributed by atoms with Crippen LogP contribution >= 0.6 is 25.0 Å². The quantitative estimate of drug-likeness (QED) is 0.712. The Bertz CT molecular complexity index is 287. The van der Waals surface area contributed by atoms with E-state index >= 15 is 0 Å². The Hall–Kier alpha value is -0.220. The Balaban J connectivity index is 0.00000225. The van der Waals surface area contributed by atoms with Gasteiger partial charge in [0.25, 0.3) is 0 Å². The third-order valence-corrected chi connectivity index (χ3v) is 2.24. The molecule has 0 aliphatic rings. The van der Waals surface area contributed by atoms with E-state index < -0.39 is 6.10 Å². The van der Waals surface area contributed by atoms with Gasteiger partial charge in [0, 0.05) is 17.8 Å². The summed E-state index contributed by atoms with van der Waals surface area (Å²) in [5.41, 5.74) is 0.946. The molecular weight excluding hydrogens is 242 g/mol. The summed E-state index contributed by atoms with van der Waals surface area (Å²) in [7, 11) is 0. The summed E-state index contributed by atoms with van der Waals surface area (Å²) in [6.07, 6.45) is -0.443. The van der Waals surface area contributed by atoms with E-state index in [-0.39, 0.29) is 17.2 Å². The van der Waals surface area contributed by atoms with E-state index in [1.807, 2.05) is 44.2 Å². The molecule has 0 saturated carbocycles. The van der Waals surface area contributed by atoms with E-state index in [9.17, 15) is 5.11 Å². The molecule has 0 saturated heterocycles. The number of hydrogen-bond acceptors (Lipinski definition) is 3. The molecule has 0 bridgehead atoms. The molecule has 0 aliphatic carbocycles. The molecule has 92 valence electrons. The number of rotatable bonds is 5. The molecule has 0 aromatic heterocycles. The smallest absolute Gasteiger partial charge is 0.0914 e. The zero-order valence-corrected chi connectivity index (χ0v) is 11.4. The van der Waals surface area contributed by atoms with E-state index in [1.54, 1.807) is 0 Å². The minimum atomic E-state index is -0.443. The van der Waals surface area contributed by atoms with Gasteiger partial charge in [-0.15, -0.1) is 12.4 Å². The number of aliphatic hydroxyl groups is 1.